The first kappa shape index (κ1) is 35.4. The number of carbonyl (C=O) groups is 5. The molecular weight excluding hydrogens is 616 g/mol. The van der Waals surface area contributed by atoms with Gasteiger partial charge in [0, 0.05) is 35.5 Å². The van der Waals surface area contributed by atoms with Gasteiger partial charge in [-0.15, -0.1) is 0 Å². The van der Waals surface area contributed by atoms with E-state index in [1.807, 2.05) is 0 Å². The zero-order chi connectivity index (χ0) is 35.0. The van der Waals surface area contributed by atoms with Gasteiger partial charge in [-0.3, -0.25) is 19.2 Å². The number of aliphatic carboxylic acids is 1. The molecule has 47 heavy (non-hydrogen) atoms. The molecule has 2 saturated carbocycles. The number of carbonyl (C=O) groups excluding carboxylic acids is 4. The summed E-state index contributed by atoms with van der Waals surface area (Å²) in [7, 11) is 0. The quantitative estimate of drug-likeness (QED) is 0.195. The standard InChI is InChI=1S/C34H48O13/c1-15(2)33(42,16(3)4)13-24(39)46-26-25-18(6)27(40)34(43)30-31(7)19(12-21(45-29(26)41)32(25,30)14-44-34)17(5)11-20(35)28(31)47-23(38)10-8-9-22(36)37/h11,15-16,18-19,21,25-28,30,40,42-43H,8-10,12-14H2,1-7H3,(H,36,37)/t18-,19+,21-,25?,26?,27-,28-,30?,31-,32+,34+/m1/s1. The summed E-state index contributed by atoms with van der Waals surface area (Å²) < 4.78 is 23.8. The number of carboxylic acid groups (broad SMARTS) is 1. The first-order valence-corrected chi connectivity index (χ1v) is 16.6. The summed E-state index contributed by atoms with van der Waals surface area (Å²) in [5, 5.41) is 44.3. The van der Waals surface area contributed by atoms with Crippen LogP contribution in [0.1, 0.15) is 80.6 Å². The molecule has 1 spiro atoms. The Labute approximate surface area is 274 Å². The molecule has 4 fully saturated rings. The molecule has 5 aliphatic rings. The third kappa shape index (κ3) is 5.14. The predicted octanol–water partition coefficient (Wildman–Crippen LogP) is 1.93. The molecule has 2 heterocycles. The number of aliphatic hydroxyl groups excluding tert-OH is 1. The summed E-state index contributed by atoms with van der Waals surface area (Å²) >= 11 is 0. The normalized spacial score (nSPS) is 40.7. The lowest BCUT2D eigenvalue weighted by molar-refractivity contribution is -0.340. The Morgan fingerprint density at radius 2 is 1.72 bits per heavy atom. The maximum atomic E-state index is 13.7. The average molecular weight is 665 g/mol. The van der Waals surface area contributed by atoms with Crippen LogP contribution in [0.3, 0.4) is 0 Å². The molecule has 0 aromatic rings. The number of fused-ring (bicyclic) bond motifs is 1. The van der Waals surface area contributed by atoms with Crippen LogP contribution in [0.2, 0.25) is 0 Å². The number of rotatable bonds is 10. The van der Waals surface area contributed by atoms with Gasteiger partial charge in [0.05, 0.1) is 18.6 Å². The number of carboxylic acids is 1. The third-order valence-electron chi connectivity index (χ3n) is 12.3. The molecule has 2 bridgehead atoms. The molecule has 13 heteroatoms. The van der Waals surface area contributed by atoms with Crippen LogP contribution in [0.25, 0.3) is 0 Å². The number of aliphatic hydroxyl groups is 3. The highest BCUT2D eigenvalue weighted by Crippen LogP contribution is 2.74. The second kappa shape index (κ2) is 11.9. The number of allylic oxidation sites excluding steroid dienone is 1. The monoisotopic (exact) mass is 664 g/mol. The van der Waals surface area contributed by atoms with Crippen LogP contribution >= 0.6 is 0 Å². The first-order chi connectivity index (χ1) is 21.8. The highest BCUT2D eigenvalue weighted by molar-refractivity contribution is 5.97. The van der Waals surface area contributed by atoms with Gasteiger partial charge in [0.1, 0.15) is 12.2 Å². The van der Waals surface area contributed by atoms with E-state index in [0.717, 1.165) is 0 Å². The summed E-state index contributed by atoms with van der Waals surface area (Å²) in [5.74, 6) is -10.4. The Balaban J connectivity index is 1.57. The lowest BCUT2D eigenvalue weighted by atomic mass is 9.38. The van der Waals surface area contributed by atoms with Crippen LogP contribution in [0.4, 0.5) is 0 Å². The maximum absolute atomic E-state index is 13.7. The van der Waals surface area contributed by atoms with Gasteiger partial charge in [0.2, 0.25) is 6.10 Å². The second-order valence-corrected chi connectivity index (χ2v) is 15.3. The van der Waals surface area contributed by atoms with Gasteiger partial charge < -0.3 is 39.4 Å². The van der Waals surface area contributed by atoms with E-state index >= 15 is 0 Å². The molecule has 3 aliphatic carbocycles. The number of ketones is 1. The summed E-state index contributed by atoms with van der Waals surface area (Å²) in [4.78, 5) is 64.9. The van der Waals surface area contributed by atoms with Crippen molar-refractivity contribution in [2.75, 3.05) is 6.61 Å². The highest BCUT2D eigenvalue weighted by Gasteiger charge is 2.84. The maximum Gasteiger partial charge on any atom is 0.348 e. The van der Waals surface area contributed by atoms with Crippen molar-refractivity contribution in [3.8, 4) is 0 Å². The largest absolute Gasteiger partial charge is 0.481 e. The van der Waals surface area contributed by atoms with Gasteiger partial charge in [-0.2, -0.15) is 0 Å². The van der Waals surface area contributed by atoms with Gasteiger partial charge in [0.15, 0.2) is 17.7 Å². The topological polar surface area (TPSA) is 203 Å². The number of hydrogen-bond acceptors (Lipinski definition) is 12. The SMILES string of the molecule is CC1=CC(=O)[C@@H](OC(=O)CCCC(=O)O)[C@]2(C)C3[C@]45CO[C@@]3(O)[C@H](O)[C@H](C)C4C(OC(=O)CC(O)(C(C)C)C(C)C)C(=O)O[C@@H]5C[C@@H]12. The van der Waals surface area contributed by atoms with E-state index < -0.39 is 106 Å². The molecule has 0 radical (unpaired) electrons. The molecule has 11 atom stereocenters. The summed E-state index contributed by atoms with van der Waals surface area (Å²) in [5.41, 5.74) is -3.46. The van der Waals surface area contributed by atoms with E-state index in [4.69, 9.17) is 24.1 Å². The van der Waals surface area contributed by atoms with Gasteiger partial charge >= 0.3 is 23.9 Å². The minimum absolute atomic E-state index is 0.00335. The molecule has 0 amide bonds. The summed E-state index contributed by atoms with van der Waals surface area (Å²) in [6.45, 7) is 12.0. The van der Waals surface area contributed by atoms with Crippen molar-refractivity contribution in [3.05, 3.63) is 11.6 Å². The van der Waals surface area contributed by atoms with Gasteiger partial charge in [-0.1, -0.05) is 47.1 Å². The van der Waals surface area contributed by atoms with Crippen LogP contribution in [-0.4, -0.2) is 92.5 Å². The van der Waals surface area contributed by atoms with E-state index in [9.17, 15) is 39.3 Å². The van der Waals surface area contributed by atoms with Crippen molar-refractivity contribution in [1.82, 2.24) is 0 Å². The van der Waals surface area contributed by atoms with Crippen molar-refractivity contribution in [2.24, 2.45) is 46.3 Å². The molecule has 0 aromatic carbocycles. The van der Waals surface area contributed by atoms with Crippen LogP contribution in [0.15, 0.2) is 11.6 Å². The van der Waals surface area contributed by atoms with Crippen LogP contribution in [0, 0.1) is 46.3 Å². The molecule has 5 rings (SSSR count). The molecule has 4 N–H and O–H groups in total. The Bertz CT molecular complexity index is 1360. The van der Waals surface area contributed by atoms with E-state index in [0.29, 0.717) is 5.57 Å². The molecule has 2 saturated heterocycles. The third-order valence-corrected chi connectivity index (χ3v) is 12.3. The van der Waals surface area contributed by atoms with Crippen LogP contribution < -0.4 is 0 Å². The summed E-state index contributed by atoms with van der Waals surface area (Å²) in [6.07, 6.45) is -4.79. The van der Waals surface area contributed by atoms with Crippen LogP contribution in [0.5, 0.6) is 0 Å². The summed E-state index contributed by atoms with van der Waals surface area (Å²) in [6, 6.07) is 0. The smallest absolute Gasteiger partial charge is 0.348 e. The van der Waals surface area contributed by atoms with Crippen molar-refractivity contribution in [1.29, 1.82) is 0 Å². The van der Waals surface area contributed by atoms with E-state index in [2.05, 4.69) is 0 Å². The van der Waals surface area contributed by atoms with E-state index in [-0.39, 0.29) is 44.1 Å². The Morgan fingerprint density at radius 3 is 2.32 bits per heavy atom. The molecule has 262 valence electrons. The van der Waals surface area contributed by atoms with Gasteiger partial charge in [-0.05, 0) is 49.5 Å². The average Bonchev–Trinajstić information content (AvgIpc) is 3.25. The van der Waals surface area contributed by atoms with E-state index in [1.54, 1.807) is 48.5 Å². The van der Waals surface area contributed by atoms with Crippen molar-refractivity contribution >= 4 is 29.7 Å². The van der Waals surface area contributed by atoms with Crippen molar-refractivity contribution in [3.63, 3.8) is 0 Å². The predicted molar refractivity (Wildman–Crippen MR) is 161 cm³/mol. The fraction of sp³-hybridized carbons (Fsp3) is 0.794. The first-order valence-electron chi connectivity index (χ1n) is 16.6. The zero-order valence-electron chi connectivity index (χ0n) is 28.1. The fourth-order valence-corrected chi connectivity index (χ4v) is 9.96. The number of hydrogen-bond donors (Lipinski definition) is 4. The Kier molecular flexibility index (Phi) is 8.99. The van der Waals surface area contributed by atoms with Crippen LogP contribution in [-0.2, 0) is 42.9 Å². The molecule has 13 nitrogen and oxygen atoms in total. The Morgan fingerprint density at radius 1 is 1.09 bits per heavy atom. The lowest BCUT2D eigenvalue weighted by Gasteiger charge is -2.68. The van der Waals surface area contributed by atoms with Crippen molar-refractivity contribution < 1.29 is 63.3 Å². The molecule has 0 aromatic heterocycles. The van der Waals surface area contributed by atoms with Gasteiger partial charge in [-0.25, -0.2) is 4.79 Å². The Hall–Kier alpha value is -2.87. The number of ether oxygens (including phenoxy) is 4. The van der Waals surface area contributed by atoms with Crippen molar-refractivity contribution in [2.45, 2.75) is 116 Å². The zero-order valence-corrected chi connectivity index (χ0v) is 28.1. The van der Waals surface area contributed by atoms with Gasteiger partial charge in [0.25, 0.3) is 0 Å². The minimum Gasteiger partial charge on any atom is -0.481 e. The molecular formula is C34H48O13. The number of esters is 3. The second-order valence-electron chi connectivity index (χ2n) is 15.3. The lowest BCUT2D eigenvalue weighted by Crippen LogP contribution is -2.78. The minimum atomic E-state index is -2.25. The highest BCUT2D eigenvalue weighted by atomic mass is 16.7. The van der Waals surface area contributed by atoms with E-state index in [1.165, 1.54) is 6.08 Å². The fourth-order valence-electron chi connectivity index (χ4n) is 9.96. The molecule has 3 unspecified atom stereocenters. The molecule has 2 aliphatic heterocycles.